The SMILES string of the molecule is Oc1ccc2c(c1)O[C@H](c1ccc(O)c(O)c1)[C@@H](O)[C@H]2c1c(O)cc2c(c1O)C[C@H](O)[C@@H](c1ccc(O)c(O)c1)O2. The van der Waals surface area contributed by atoms with Crippen LogP contribution in [-0.4, -0.2) is 58.2 Å². The minimum absolute atomic E-state index is 0.0686. The van der Waals surface area contributed by atoms with Crippen molar-refractivity contribution in [3.05, 3.63) is 88.5 Å². The van der Waals surface area contributed by atoms with Crippen molar-refractivity contribution in [1.82, 2.24) is 0 Å². The maximum atomic E-state index is 11.6. The Morgan fingerprint density at radius 3 is 1.83 bits per heavy atom. The van der Waals surface area contributed by atoms with Crippen molar-refractivity contribution >= 4 is 0 Å². The summed E-state index contributed by atoms with van der Waals surface area (Å²) < 4.78 is 11.9. The summed E-state index contributed by atoms with van der Waals surface area (Å²) in [5.74, 6) is -3.44. The first-order chi connectivity index (χ1) is 19.5. The third-order valence-electron chi connectivity index (χ3n) is 7.60. The van der Waals surface area contributed by atoms with Crippen molar-refractivity contribution < 1.29 is 55.4 Å². The molecule has 0 radical (unpaired) electrons. The van der Waals surface area contributed by atoms with Gasteiger partial charge in [0.15, 0.2) is 29.1 Å². The van der Waals surface area contributed by atoms with Crippen molar-refractivity contribution in [2.45, 2.75) is 36.8 Å². The molecule has 11 heteroatoms. The Kier molecular flexibility index (Phi) is 6.13. The fourth-order valence-corrected chi connectivity index (χ4v) is 5.59. The number of hydrogen-bond acceptors (Lipinski definition) is 11. The number of benzene rings is 4. The predicted octanol–water partition coefficient (Wildman–Crippen LogP) is 3.29. The van der Waals surface area contributed by atoms with Gasteiger partial charge in [0.1, 0.15) is 41.0 Å². The number of aliphatic hydroxyl groups excluding tert-OH is 2. The van der Waals surface area contributed by atoms with Crippen LogP contribution in [0.25, 0.3) is 0 Å². The summed E-state index contributed by atoms with van der Waals surface area (Å²) in [7, 11) is 0. The molecule has 212 valence electrons. The molecular formula is C30H26O11. The van der Waals surface area contributed by atoms with Crippen LogP contribution in [0.15, 0.2) is 60.7 Å². The van der Waals surface area contributed by atoms with Gasteiger partial charge in [0.2, 0.25) is 0 Å². The van der Waals surface area contributed by atoms with Crippen LogP contribution in [0.4, 0.5) is 0 Å². The summed E-state index contributed by atoms with van der Waals surface area (Å²) in [6, 6.07) is 13.3. The monoisotopic (exact) mass is 562 g/mol. The summed E-state index contributed by atoms with van der Waals surface area (Å²) >= 11 is 0. The second-order valence-corrected chi connectivity index (χ2v) is 10.2. The lowest BCUT2D eigenvalue weighted by Crippen LogP contribution is -2.35. The van der Waals surface area contributed by atoms with E-state index in [2.05, 4.69) is 0 Å². The lowest BCUT2D eigenvalue weighted by molar-refractivity contribution is 0.00659. The first kappa shape index (κ1) is 26.2. The van der Waals surface area contributed by atoms with Crippen LogP contribution in [0, 0.1) is 0 Å². The van der Waals surface area contributed by atoms with Crippen molar-refractivity contribution in [1.29, 1.82) is 0 Å². The van der Waals surface area contributed by atoms with E-state index in [9.17, 15) is 46.0 Å². The van der Waals surface area contributed by atoms with E-state index < -0.39 is 53.3 Å². The molecule has 0 fully saturated rings. The van der Waals surface area contributed by atoms with E-state index in [1.807, 2.05) is 0 Å². The van der Waals surface area contributed by atoms with E-state index in [0.717, 1.165) is 0 Å². The highest BCUT2D eigenvalue weighted by Crippen LogP contribution is 2.54. The van der Waals surface area contributed by atoms with Gasteiger partial charge in [-0.25, -0.2) is 0 Å². The molecule has 9 N–H and O–H groups in total. The number of phenolic OH excluding ortho intramolecular Hbond substituents is 7. The number of phenols is 7. The molecule has 41 heavy (non-hydrogen) atoms. The first-order valence-electron chi connectivity index (χ1n) is 12.7. The normalized spacial score (nSPS) is 23.1. The molecule has 6 rings (SSSR count). The molecule has 0 saturated heterocycles. The molecule has 4 aromatic carbocycles. The average Bonchev–Trinajstić information content (AvgIpc) is 2.93. The summed E-state index contributed by atoms with van der Waals surface area (Å²) in [4.78, 5) is 0. The number of hydrogen-bond donors (Lipinski definition) is 9. The molecule has 2 heterocycles. The van der Waals surface area contributed by atoms with Gasteiger partial charge in [-0.1, -0.05) is 18.2 Å². The van der Waals surface area contributed by atoms with Crippen LogP contribution in [0.5, 0.6) is 51.7 Å². The quantitative estimate of drug-likeness (QED) is 0.166. The third kappa shape index (κ3) is 4.31. The highest BCUT2D eigenvalue weighted by atomic mass is 16.5. The lowest BCUT2D eigenvalue weighted by atomic mass is 9.78. The zero-order valence-corrected chi connectivity index (χ0v) is 21.2. The molecule has 0 amide bonds. The molecule has 4 aromatic rings. The van der Waals surface area contributed by atoms with Crippen LogP contribution in [0.2, 0.25) is 0 Å². The Morgan fingerprint density at radius 2 is 1.20 bits per heavy atom. The smallest absolute Gasteiger partial charge is 0.157 e. The third-order valence-corrected chi connectivity index (χ3v) is 7.60. The summed E-state index contributed by atoms with van der Waals surface area (Å²) in [6.07, 6.45) is -4.87. The second-order valence-electron chi connectivity index (χ2n) is 10.2. The van der Waals surface area contributed by atoms with Crippen molar-refractivity contribution in [2.75, 3.05) is 0 Å². The molecule has 0 aromatic heterocycles. The predicted molar refractivity (Wildman–Crippen MR) is 142 cm³/mol. The maximum Gasteiger partial charge on any atom is 0.157 e. The molecule has 11 nitrogen and oxygen atoms in total. The number of ether oxygens (including phenoxy) is 2. The topological polar surface area (TPSA) is 201 Å². The summed E-state index contributed by atoms with van der Waals surface area (Å²) in [6.45, 7) is 0. The Balaban J connectivity index is 1.45. The molecule has 2 aliphatic heterocycles. The molecule has 5 atom stereocenters. The Labute approximate surface area is 232 Å². The van der Waals surface area contributed by atoms with Gasteiger partial charge in [-0.2, -0.15) is 0 Å². The molecule has 0 unspecified atom stereocenters. The minimum Gasteiger partial charge on any atom is -0.508 e. The molecule has 0 saturated carbocycles. The van der Waals surface area contributed by atoms with Gasteiger partial charge in [0, 0.05) is 41.2 Å². The van der Waals surface area contributed by atoms with Crippen molar-refractivity contribution in [3.8, 4) is 51.7 Å². The van der Waals surface area contributed by atoms with Gasteiger partial charge in [0.05, 0.1) is 6.10 Å². The van der Waals surface area contributed by atoms with Gasteiger partial charge in [-0.3, -0.25) is 0 Å². The van der Waals surface area contributed by atoms with Crippen LogP contribution < -0.4 is 9.47 Å². The van der Waals surface area contributed by atoms with E-state index >= 15 is 0 Å². The fraction of sp³-hybridized carbons (Fsp3) is 0.200. The Bertz CT molecular complexity index is 1670. The van der Waals surface area contributed by atoms with Crippen LogP contribution in [-0.2, 0) is 6.42 Å². The van der Waals surface area contributed by atoms with Gasteiger partial charge >= 0.3 is 0 Å². The fourth-order valence-electron chi connectivity index (χ4n) is 5.59. The standard InChI is InChI=1S/C30H26O11/c31-14-3-4-15-23(9-14)41-30(13-2-6-18(33)20(35)8-13)28(39)25(15)26-21(36)11-24-16(27(26)38)10-22(37)29(40-24)12-1-5-17(32)19(34)7-12/h1-9,11,22,25,28-39H,10H2/t22-,25+,28-,29+,30+/m0/s1. The number of aromatic hydroxyl groups is 7. The van der Waals surface area contributed by atoms with Crippen LogP contribution in [0.1, 0.15) is 45.9 Å². The number of aliphatic hydroxyl groups is 2. The largest absolute Gasteiger partial charge is 0.508 e. The van der Waals surface area contributed by atoms with Crippen LogP contribution in [0.3, 0.4) is 0 Å². The Hall–Kier alpha value is -5.00. The van der Waals surface area contributed by atoms with Crippen LogP contribution >= 0.6 is 0 Å². The highest BCUT2D eigenvalue weighted by molar-refractivity contribution is 5.63. The summed E-state index contributed by atoms with van der Waals surface area (Å²) in [5.41, 5.74) is 1.07. The van der Waals surface area contributed by atoms with E-state index in [-0.39, 0.29) is 51.9 Å². The summed E-state index contributed by atoms with van der Waals surface area (Å²) in [5, 5.41) is 94.6. The number of rotatable bonds is 3. The zero-order valence-electron chi connectivity index (χ0n) is 21.2. The lowest BCUT2D eigenvalue weighted by Gasteiger charge is -2.39. The van der Waals surface area contributed by atoms with E-state index in [4.69, 9.17) is 9.47 Å². The molecule has 2 aliphatic rings. The first-order valence-corrected chi connectivity index (χ1v) is 12.7. The number of fused-ring (bicyclic) bond motifs is 2. The van der Waals surface area contributed by atoms with Gasteiger partial charge in [-0.15, -0.1) is 0 Å². The van der Waals surface area contributed by atoms with Gasteiger partial charge in [-0.05, 0) is 41.5 Å². The molecular weight excluding hydrogens is 536 g/mol. The zero-order chi connectivity index (χ0) is 29.2. The minimum atomic E-state index is -1.44. The highest BCUT2D eigenvalue weighted by Gasteiger charge is 2.44. The van der Waals surface area contributed by atoms with E-state index in [1.165, 1.54) is 60.7 Å². The maximum absolute atomic E-state index is 11.6. The molecule has 0 bridgehead atoms. The molecule has 0 aliphatic carbocycles. The average molecular weight is 563 g/mol. The van der Waals surface area contributed by atoms with Crippen molar-refractivity contribution in [2.24, 2.45) is 0 Å². The molecule has 0 spiro atoms. The Morgan fingerprint density at radius 1 is 0.585 bits per heavy atom. The second kappa shape index (κ2) is 9.58. The van der Waals surface area contributed by atoms with E-state index in [0.29, 0.717) is 11.1 Å². The van der Waals surface area contributed by atoms with E-state index in [1.54, 1.807) is 0 Å². The van der Waals surface area contributed by atoms with Gasteiger partial charge < -0.3 is 55.4 Å². The van der Waals surface area contributed by atoms with Gasteiger partial charge in [0.25, 0.3) is 0 Å². The van der Waals surface area contributed by atoms with Crippen molar-refractivity contribution in [3.63, 3.8) is 0 Å².